The summed E-state index contributed by atoms with van der Waals surface area (Å²) in [5.74, 6) is 0.853. The largest absolute Gasteiger partial charge is 0.497 e. The van der Waals surface area contributed by atoms with E-state index < -0.39 is 0 Å². The van der Waals surface area contributed by atoms with Crippen molar-refractivity contribution in [3.63, 3.8) is 0 Å². The first kappa shape index (κ1) is 26.8. The molecule has 5 nitrogen and oxygen atoms in total. The van der Waals surface area contributed by atoms with Crippen LogP contribution in [0.25, 0.3) is 0 Å². The third-order valence-corrected chi connectivity index (χ3v) is 9.28. The van der Waals surface area contributed by atoms with Crippen LogP contribution in [-0.2, 0) is 24.2 Å². The van der Waals surface area contributed by atoms with Gasteiger partial charge in [0.15, 0.2) is 0 Å². The number of benzene rings is 4. The summed E-state index contributed by atoms with van der Waals surface area (Å²) in [5, 5.41) is 7.82. The lowest BCUT2D eigenvalue weighted by Gasteiger charge is -2.24. The molecule has 0 spiro atoms. The number of thioether (sulfide) groups is 1. The molecule has 2 aliphatic heterocycles. The smallest absolute Gasteiger partial charge is 0.241 e. The number of likely N-dealkylation sites (tertiary alicyclic amines) is 1. The van der Waals surface area contributed by atoms with Crippen molar-refractivity contribution in [3.8, 4) is 5.75 Å². The molecule has 1 saturated heterocycles. The molecule has 0 radical (unpaired) electrons. The number of halogens is 1. The zero-order valence-electron chi connectivity index (χ0n) is 22.4. The Kier molecular flexibility index (Phi) is 8.00. The molecule has 7 heteroatoms. The molecule has 1 amide bonds. The van der Waals surface area contributed by atoms with Crippen LogP contribution in [0, 0.1) is 0 Å². The lowest BCUT2D eigenvalue weighted by molar-refractivity contribution is -0.120. The third-order valence-electron chi connectivity index (χ3n) is 7.69. The monoisotopic (exact) mass is 569 g/mol. The average Bonchev–Trinajstić information content (AvgIpc) is 3.27. The molecular formula is C33H32ClN3O2S. The molecule has 0 unspecified atom stereocenters. The van der Waals surface area contributed by atoms with Crippen LogP contribution in [0.1, 0.15) is 23.1 Å². The van der Waals surface area contributed by atoms with E-state index >= 15 is 0 Å². The van der Waals surface area contributed by atoms with E-state index in [2.05, 4.69) is 64.1 Å². The molecule has 0 aliphatic carbocycles. The molecular weight excluding hydrogens is 538 g/mol. The Morgan fingerprint density at radius 3 is 2.52 bits per heavy atom. The number of carbonyl (C=O) groups is 1. The van der Waals surface area contributed by atoms with Crippen molar-refractivity contribution in [2.75, 3.05) is 24.3 Å². The van der Waals surface area contributed by atoms with Gasteiger partial charge in [-0.1, -0.05) is 54.1 Å². The molecule has 0 aromatic heterocycles. The van der Waals surface area contributed by atoms with E-state index in [-0.39, 0.29) is 17.2 Å². The fraction of sp³-hybridized carbons (Fsp3) is 0.242. The standard InChI is InChI=1S/C33H32ClN3O2S/c1-39-26-14-16-27(17-15-26)40-28-19-32(37(21-28)20-24-7-2-4-8-29(24)34)33(38)35-25-13-12-23-11-10-22-6-3-5-9-30(22)36-31(23)18-25/h2-9,12-18,28,32,36H,10-11,19-21H2,1H3,(H,35,38)/t28-,32-/m0/s1. The molecule has 4 aromatic rings. The number of hydrogen-bond donors (Lipinski definition) is 2. The van der Waals surface area contributed by atoms with Crippen molar-refractivity contribution in [1.29, 1.82) is 0 Å². The van der Waals surface area contributed by atoms with E-state index in [0.29, 0.717) is 6.54 Å². The van der Waals surface area contributed by atoms with E-state index in [4.69, 9.17) is 16.3 Å². The maximum atomic E-state index is 13.8. The summed E-state index contributed by atoms with van der Waals surface area (Å²) in [5.41, 5.74) is 6.58. The number of rotatable bonds is 7. The topological polar surface area (TPSA) is 53.6 Å². The van der Waals surface area contributed by atoms with Crippen LogP contribution in [0.4, 0.5) is 17.1 Å². The van der Waals surface area contributed by atoms with Gasteiger partial charge >= 0.3 is 0 Å². The number of aryl methyl sites for hydroxylation is 2. The molecule has 204 valence electrons. The van der Waals surface area contributed by atoms with Crippen LogP contribution in [0.2, 0.25) is 5.02 Å². The van der Waals surface area contributed by atoms with Crippen LogP contribution < -0.4 is 15.4 Å². The zero-order valence-corrected chi connectivity index (χ0v) is 24.0. The van der Waals surface area contributed by atoms with Gasteiger partial charge in [-0.3, -0.25) is 9.69 Å². The van der Waals surface area contributed by atoms with Crippen LogP contribution in [-0.4, -0.2) is 35.8 Å². The summed E-state index contributed by atoms with van der Waals surface area (Å²) >= 11 is 8.33. The van der Waals surface area contributed by atoms with Crippen molar-refractivity contribution in [1.82, 2.24) is 4.90 Å². The second kappa shape index (κ2) is 12.0. The maximum absolute atomic E-state index is 13.8. The first-order valence-corrected chi connectivity index (χ1v) is 14.9. The molecule has 4 aromatic carbocycles. The van der Waals surface area contributed by atoms with Crippen molar-refractivity contribution in [3.05, 3.63) is 113 Å². The molecule has 0 bridgehead atoms. The summed E-state index contributed by atoms with van der Waals surface area (Å²) in [4.78, 5) is 17.2. The van der Waals surface area contributed by atoms with E-state index in [1.54, 1.807) is 7.11 Å². The van der Waals surface area contributed by atoms with Gasteiger partial charge in [-0.2, -0.15) is 0 Å². The SMILES string of the molecule is COc1ccc(S[C@H]2C[C@@H](C(=O)Nc3ccc4c(c3)Nc3ccccc3CC4)N(Cc3ccccc3Cl)C2)cc1. The normalized spacial score (nSPS) is 18.2. The van der Waals surface area contributed by atoms with Gasteiger partial charge in [-0.15, -0.1) is 11.8 Å². The summed E-state index contributed by atoms with van der Waals surface area (Å²) in [6.45, 7) is 1.42. The van der Waals surface area contributed by atoms with Crippen LogP contribution >= 0.6 is 23.4 Å². The van der Waals surface area contributed by atoms with Gasteiger partial charge in [-0.05, 0) is 84.5 Å². The number of carbonyl (C=O) groups excluding carboxylic acids is 1. The fourth-order valence-electron chi connectivity index (χ4n) is 5.58. The zero-order chi connectivity index (χ0) is 27.5. The number of ether oxygens (including phenoxy) is 1. The molecule has 1 fully saturated rings. The second-order valence-corrected chi connectivity index (χ2v) is 12.1. The predicted molar refractivity (Wildman–Crippen MR) is 165 cm³/mol. The Hall–Kier alpha value is -3.45. The van der Waals surface area contributed by atoms with E-state index in [9.17, 15) is 4.79 Å². The fourth-order valence-corrected chi connectivity index (χ4v) is 6.99. The lowest BCUT2D eigenvalue weighted by Crippen LogP contribution is -2.39. The van der Waals surface area contributed by atoms with E-state index in [0.717, 1.165) is 59.2 Å². The van der Waals surface area contributed by atoms with Crippen LogP contribution in [0.5, 0.6) is 5.75 Å². The van der Waals surface area contributed by atoms with E-state index in [1.807, 2.05) is 54.2 Å². The Morgan fingerprint density at radius 2 is 1.73 bits per heavy atom. The number of hydrogen-bond acceptors (Lipinski definition) is 5. The molecule has 2 atom stereocenters. The quantitative estimate of drug-likeness (QED) is 0.240. The van der Waals surface area contributed by atoms with Gasteiger partial charge in [0.25, 0.3) is 0 Å². The highest BCUT2D eigenvalue weighted by Gasteiger charge is 2.37. The van der Waals surface area contributed by atoms with Crippen molar-refractivity contribution < 1.29 is 9.53 Å². The highest BCUT2D eigenvalue weighted by Crippen LogP contribution is 2.36. The van der Waals surface area contributed by atoms with Crippen LogP contribution in [0.15, 0.2) is 95.9 Å². The first-order chi connectivity index (χ1) is 19.6. The molecule has 2 aliphatic rings. The van der Waals surface area contributed by atoms with Crippen molar-refractivity contribution in [2.45, 2.75) is 42.0 Å². The second-order valence-electron chi connectivity index (χ2n) is 10.3. The third kappa shape index (κ3) is 5.99. The highest BCUT2D eigenvalue weighted by molar-refractivity contribution is 8.00. The molecule has 2 heterocycles. The minimum absolute atomic E-state index is 0.0128. The Labute approximate surface area is 244 Å². The van der Waals surface area contributed by atoms with Gasteiger partial charge < -0.3 is 15.4 Å². The van der Waals surface area contributed by atoms with Gasteiger partial charge in [0.1, 0.15) is 5.75 Å². The number of nitrogens with zero attached hydrogens (tertiary/aromatic N) is 1. The molecule has 2 N–H and O–H groups in total. The maximum Gasteiger partial charge on any atom is 0.241 e. The highest BCUT2D eigenvalue weighted by atomic mass is 35.5. The van der Waals surface area contributed by atoms with Crippen molar-refractivity contribution >= 4 is 46.3 Å². The van der Waals surface area contributed by atoms with Gasteiger partial charge in [0.2, 0.25) is 5.91 Å². The predicted octanol–water partition coefficient (Wildman–Crippen LogP) is 7.56. The van der Waals surface area contributed by atoms with Gasteiger partial charge in [0.05, 0.1) is 13.2 Å². The number of nitrogens with one attached hydrogen (secondary N) is 2. The number of para-hydroxylation sites is 1. The van der Waals surface area contributed by atoms with Crippen molar-refractivity contribution in [2.24, 2.45) is 0 Å². The summed E-state index contributed by atoms with van der Waals surface area (Å²) in [6.07, 6.45) is 2.71. The van der Waals surface area contributed by atoms with Gasteiger partial charge in [0, 0.05) is 45.3 Å². The molecule has 0 saturated carbocycles. The Balaban J connectivity index is 1.20. The summed E-state index contributed by atoms with van der Waals surface area (Å²) in [6, 6.07) is 30.4. The Bertz CT molecular complexity index is 1510. The van der Waals surface area contributed by atoms with Crippen LogP contribution in [0.3, 0.4) is 0 Å². The minimum atomic E-state index is -0.264. The van der Waals surface area contributed by atoms with Gasteiger partial charge in [-0.25, -0.2) is 0 Å². The average molecular weight is 570 g/mol. The summed E-state index contributed by atoms with van der Waals surface area (Å²) in [7, 11) is 1.67. The van der Waals surface area contributed by atoms with E-state index in [1.165, 1.54) is 16.0 Å². The number of amides is 1. The number of methoxy groups -OCH3 is 1. The number of anilines is 3. The molecule has 6 rings (SSSR count). The molecule has 40 heavy (non-hydrogen) atoms. The minimum Gasteiger partial charge on any atom is -0.497 e. The lowest BCUT2D eigenvalue weighted by atomic mass is 10.0. The first-order valence-electron chi connectivity index (χ1n) is 13.6. The Morgan fingerprint density at radius 1 is 0.975 bits per heavy atom. The number of fused-ring (bicyclic) bond motifs is 2. The summed E-state index contributed by atoms with van der Waals surface area (Å²) < 4.78 is 5.31.